The molecule has 0 saturated carbocycles. The maximum atomic E-state index is 12.0. The van der Waals surface area contributed by atoms with Crippen LogP contribution in [-0.2, 0) is 13.0 Å². The molecule has 0 unspecified atom stereocenters. The summed E-state index contributed by atoms with van der Waals surface area (Å²) in [6.45, 7) is 3.29. The number of aryl methyl sites for hydroxylation is 1. The second-order valence-corrected chi connectivity index (χ2v) is 5.17. The van der Waals surface area contributed by atoms with Crippen LogP contribution in [0, 0.1) is 6.92 Å². The van der Waals surface area contributed by atoms with Crippen LogP contribution in [0.2, 0.25) is 0 Å². The van der Waals surface area contributed by atoms with Gasteiger partial charge in [0.25, 0.3) is 0 Å². The molecule has 1 aromatic carbocycles. The zero-order valence-electron chi connectivity index (χ0n) is 12.5. The van der Waals surface area contributed by atoms with Crippen molar-refractivity contribution in [2.45, 2.75) is 19.9 Å². The fraction of sp³-hybridized carbons (Fsp3) is 0.294. The molecule has 2 aromatic rings. The lowest BCUT2D eigenvalue weighted by Gasteiger charge is -2.18. The fourth-order valence-corrected chi connectivity index (χ4v) is 2.08. The van der Waals surface area contributed by atoms with Crippen molar-refractivity contribution in [3.8, 4) is 0 Å². The number of urea groups is 1. The first-order valence-electron chi connectivity index (χ1n) is 7.08. The number of carbonyl (C=O) groups is 1. The molecule has 4 nitrogen and oxygen atoms in total. The number of carbonyl (C=O) groups excluding carboxylic acids is 1. The van der Waals surface area contributed by atoms with Crippen LogP contribution in [0.1, 0.15) is 16.7 Å². The number of nitrogens with one attached hydrogen (secondary N) is 1. The molecule has 0 aliphatic heterocycles. The summed E-state index contributed by atoms with van der Waals surface area (Å²) in [7, 11) is 1.81. The molecule has 0 bridgehead atoms. The molecule has 0 radical (unpaired) electrons. The molecule has 1 heterocycles. The summed E-state index contributed by atoms with van der Waals surface area (Å²) in [5.41, 5.74) is 3.50. The largest absolute Gasteiger partial charge is 0.334 e. The van der Waals surface area contributed by atoms with Crippen LogP contribution >= 0.6 is 0 Å². The molecular weight excluding hydrogens is 262 g/mol. The molecule has 110 valence electrons. The van der Waals surface area contributed by atoms with Crippen LogP contribution in [-0.4, -0.2) is 29.5 Å². The first-order valence-corrected chi connectivity index (χ1v) is 7.08. The van der Waals surface area contributed by atoms with E-state index in [9.17, 15) is 4.79 Å². The lowest BCUT2D eigenvalue weighted by Crippen LogP contribution is -2.37. The molecule has 0 aliphatic rings. The Bertz CT molecular complexity index is 584. The van der Waals surface area contributed by atoms with Crippen LogP contribution < -0.4 is 5.32 Å². The average Bonchev–Trinajstić information content (AvgIpc) is 2.51. The highest BCUT2D eigenvalue weighted by Crippen LogP contribution is 2.04. The highest BCUT2D eigenvalue weighted by Gasteiger charge is 2.07. The Balaban J connectivity index is 1.77. The topological polar surface area (TPSA) is 45.2 Å². The summed E-state index contributed by atoms with van der Waals surface area (Å²) in [5, 5.41) is 2.94. The van der Waals surface area contributed by atoms with Crippen LogP contribution in [0.15, 0.2) is 48.8 Å². The zero-order valence-corrected chi connectivity index (χ0v) is 12.5. The number of pyridine rings is 1. The van der Waals surface area contributed by atoms with Crippen LogP contribution in [0.4, 0.5) is 4.79 Å². The van der Waals surface area contributed by atoms with E-state index >= 15 is 0 Å². The molecule has 2 rings (SSSR count). The number of aromatic nitrogens is 1. The zero-order chi connectivity index (χ0) is 15.1. The van der Waals surface area contributed by atoms with Gasteiger partial charge in [0, 0.05) is 32.5 Å². The summed E-state index contributed by atoms with van der Waals surface area (Å²) >= 11 is 0. The Hall–Kier alpha value is -2.36. The summed E-state index contributed by atoms with van der Waals surface area (Å²) in [5.74, 6) is 0. The summed E-state index contributed by atoms with van der Waals surface area (Å²) < 4.78 is 0. The highest BCUT2D eigenvalue weighted by atomic mass is 16.2. The number of amides is 2. The molecule has 0 fully saturated rings. The van der Waals surface area contributed by atoms with Crippen molar-refractivity contribution in [2.24, 2.45) is 0 Å². The van der Waals surface area contributed by atoms with Gasteiger partial charge >= 0.3 is 6.03 Å². The van der Waals surface area contributed by atoms with E-state index in [0.29, 0.717) is 13.1 Å². The number of hydrogen-bond acceptors (Lipinski definition) is 2. The molecule has 0 spiro atoms. The van der Waals surface area contributed by atoms with E-state index in [1.165, 1.54) is 11.1 Å². The molecule has 0 saturated heterocycles. The second kappa shape index (κ2) is 7.43. The van der Waals surface area contributed by atoms with Crippen LogP contribution in [0.25, 0.3) is 0 Å². The predicted molar refractivity (Wildman–Crippen MR) is 84.0 cm³/mol. The van der Waals surface area contributed by atoms with Gasteiger partial charge in [-0.3, -0.25) is 4.98 Å². The van der Waals surface area contributed by atoms with Gasteiger partial charge in [0.1, 0.15) is 0 Å². The predicted octanol–water partition coefficient (Wildman–Crippen LogP) is 2.77. The van der Waals surface area contributed by atoms with E-state index in [0.717, 1.165) is 12.0 Å². The minimum atomic E-state index is -0.0504. The Morgan fingerprint density at radius 3 is 2.67 bits per heavy atom. The van der Waals surface area contributed by atoms with Gasteiger partial charge in [0.15, 0.2) is 0 Å². The first-order chi connectivity index (χ1) is 10.1. The summed E-state index contributed by atoms with van der Waals surface area (Å²) in [6, 6.07) is 12.0. The average molecular weight is 283 g/mol. The van der Waals surface area contributed by atoms with E-state index in [4.69, 9.17) is 0 Å². The highest BCUT2D eigenvalue weighted by molar-refractivity contribution is 5.73. The Labute approximate surface area is 125 Å². The molecule has 21 heavy (non-hydrogen) atoms. The van der Waals surface area contributed by atoms with Gasteiger partial charge in [-0.15, -0.1) is 0 Å². The monoisotopic (exact) mass is 283 g/mol. The molecule has 0 atom stereocenters. The number of hydrogen-bond donors (Lipinski definition) is 1. The molecule has 1 aromatic heterocycles. The molecule has 2 amide bonds. The van der Waals surface area contributed by atoms with E-state index in [2.05, 4.69) is 16.4 Å². The minimum absolute atomic E-state index is 0.0504. The smallest absolute Gasteiger partial charge is 0.317 e. The van der Waals surface area contributed by atoms with Gasteiger partial charge in [-0.1, -0.05) is 29.8 Å². The van der Waals surface area contributed by atoms with Gasteiger partial charge in [0.05, 0.1) is 0 Å². The van der Waals surface area contributed by atoms with Gasteiger partial charge < -0.3 is 10.2 Å². The standard InChI is InChI=1S/C17H21N3O/c1-14-4-3-5-16(12-14)13-19-17(21)20(2)11-8-15-6-9-18-10-7-15/h3-7,9-10,12H,8,11,13H2,1-2H3,(H,19,21). The van der Waals surface area contributed by atoms with Gasteiger partial charge in [0.2, 0.25) is 0 Å². The summed E-state index contributed by atoms with van der Waals surface area (Å²) in [6.07, 6.45) is 4.37. The van der Waals surface area contributed by atoms with Crippen LogP contribution in [0.5, 0.6) is 0 Å². The Morgan fingerprint density at radius 1 is 1.19 bits per heavy atom. The Morgan fingerprint density at radius 2 is 1.95 bits per heavy atom. The number of nitrogens with zero attached hydrogens (tertiary/aromatic N) is 2. The fourth-order valence-electron chi connectivity index (χ4n) is 2.08. The van der Waals surface area contributed by atoms with Gasteiger partial charge in [-0.05, 0) is 36.6 Å². The Kier molecular flexibility index (Phi) is 5.32. The van der Waals surface area contributed by atoms with Crippen LogP contribution in [0.3, 0.4) is 0 Å². The van der Waals surface area contributed by atoms with Crippen molar-refractivity contribution < 1.29 is 4.79 Å². The van der Waals surface area contributed by atoms with Crippen molar-refractivity contribution >= 4 is 6.03 Å². The molecule has 1 N–H and O–H groups in total. The first kappa shape index (κ1) is 15.0. The van der Waals surface area contributed by atoms with E-state index in [1.54, 1.807) is 17.3 Å². The van der Waals surface area contributed by atoms with E-state index in [-0.39, 0.29) is 6.03 Å². The van der Waals surface area contributed by atoms with Gasteiger partial charge in [-0.2, -0.15) is 0 Å². The number of rotatable bonds is 5. The van der Waals surface area contributed by atoms with Crippen molar-refractivity contribution in [3.05, 3.63) is 65.5 Å². The van der Waals surface area contributed by atoms with Crippen molar-refractivity contribution in [1.82, 2.24) is 15.2 Å². The lowest BCUT2D eigenvalue weighted by atomic mass is 10.1. The van der Waals surface area contributed by atoms with E-state index in [1.807, 2.05) is 44.3 Å². The third kappa shape index (κ3) is 4.91. The number of benzene rings is 1. The quantitative estimate of drug-likeness (QED) is 0.917. The maximum Gasteiger partial charge on any atom is 0.317 e. The lowest BCUT2D eigenvalue weighted by molar-refractivity contribution is 0.209. The van der Waals surface area contributed by atoms with Gasteiger partial charge in [-0.25, -0.2) is 4.79 Å². The van der Waals surface area contributed by atoms with Crippen molar-refractivity contribution in [1.29, 1.82) is 0 Å². The second-order valence-electron chi connectivity index (χ2n) is 5.17. The normalized spacial score (nSPS) is 10.2. The third-order valence-corrected chi connectivity index (χ3v) is 3.36. The van der Waals surface area contributed by atoms with Crippen molar-refractivity contribution in [3.63, 3.8) is 0 Å². The molecule has 4 heteroatoms. The third-order valence-electron chi connectivity index (χ3n) is 3.36. The maximum absolute atomic E-state index is 12.0. The number of likely N-dealkylation sites (N-methyl/N-ethyl adjacent to an activating group) is 1. The SMILES string of the molecule is Cc1cccc(CNC(=O)N(C)CCc2ccncc2)c1. The van der Waals surface area contributed by atoms with Crippen molar-refractivity contribution in [2.75, 3.05) is 13.6 Å². The molecular formula is C17H21N3O. The molecule has 0 aliphatic carbocycles. The van der Waals surface area contributed by atoms with E-state index < -0.39 is 0 Å². The summed E-state index contributed by atoms with van der Waals surface area (Å²) in [4.78, 5) is 17.7. The minimum Gasteiger partial charge on any atom is -0.334 e.